The molecule has 0 heterocycles. The fraction of sp³-hybridized carbons (Fsp3) is 0.833. The van der Waals surface area contributed by atoms with E-state index in [1.165, 1.54) is 0 Å². The minimum absolute atomic E-state index is 0. The zero-order valence-electron chi connectivity index (χ0n) is 6.36. The number of aliphatic carboxylic acids is 1. The molecule has 0 aromatic rings. The molecule has 0 unspecified atom stereocenters. The second-order valence-electron chi connectivity index (χ2n) is 2.06. The fourth-order valence-electron chi connectivity index (χ4n) is 0.703. The van der Waals surface area contributed by atoms with Crippen molar-refractivity contribution in [3.63, 3.8) is 0 Å². The number of carbonyl (C=O) groups is 1. The Labute approximate surface area is 65.2 Å². The van der Waals surface area contributed by atoms with Gasteiger partial charge in [0.05, 0.1) is 5.92 Å². The Morgan fingerprint density at radius 1 is 1.18 bits per heavy atom. The Hall–Kier alpha value is -0.650. The third kappa shape index (κ3) is 5.78. The zero-order valence-corrected chi connectivity index (χ0v) is 6.36. The molecule has 0 bridgehead atoms. The quantitative estimate of drug-likeness (QED) is 0.443. The van der Waals surface area contributed by atoms with E-state index >= 15 is 0 Å². The molecule has 0 aromatic carbocycles. The van der Waals surface area contributed by atoms with E-state index in [2.05, 4.69) is 0 Å². The van der Waals surface area contributed by atoms with Crippen molar-refractivity contribution in [2.75, 3.05) is 13.2 Å². The molecule has 0 saturated heterocycles. The first-order valence-corrected chi connectivity index (χ1v) is 3.17. The molecule has 5 nitrogen and oxygen atoms in total. The molecular weight excluding hydrogens is 150 g/mol. The average molecular weight is 165 g/mol. The molecule has 0 aromatic heterocycles. The highest BCUT2D eigenvalue weighted by atomic mass is 16.4. The van der Waals surface area contributed by atoms with Crippen LogP contribution in [0.3, 0.4) is 0 Å². The van der Waals surface area contributed by atoms with E-state index in [4.69, 9.17) is 15.3 Å². The SMILES string of the molecule is N.O=C(O)C(CCO)CCO. The number of aliphatic hydroxyl groups excluding tert-OH is 2. The molecule has 6 N–H and O–H groups in total. The number of rotatable bonds is 5. The van der Waals surface area contributed by atoms with Gasteiger partial charge in [-0.3, -0.25) is 4.79 Å². The summed E-state index contributed by atoms with van der Waals surface area (Å²) in [6.07, 6.45) is 0.436. The van der Waals surface area contributed by atoms with Gasteiger partial charge in [0.25, 0.3) is 0 Å². The summed E-state index contributed by atoms with van der Waals surface area (Å²) in [5, 5.41) is 25.1. The lowest BCUT2D eigenvalue weighted by Gasteiger charge is -2.06. The van der Waals surface area contributed by atoms with Gasteiger partial charge < -0.3 is 21.5 Å². The van der Waals surface area contributed by atoms with Crippen LogP contribution in [0, 0.1) is 5.92 Å². The van der Waals surface area contributed by atoms with Crippen LogP contribution in [0.25, 0.3) is 0 Å². The predicted molar refractivity (Wildman–Crippen MR) is 39.6 cm³/mol. The lowest BCUT2D eigenvalue weighted by Crippen LogP contribution is -2.16. The Morgan fingerprint density at radius 2 is 1.55 bits per heavy atom. The van der Waals surface area contributed by atoms with Crippen LogP contribution in [0.15, 0.2) is 0 Å². The molecule has 11 heavy (non-hydrogen) atoms. The van der Waals surface area contributed by atoms with Crippen molar-refractivity contribution in [1.82, 2.24) is 6.15 Å². The fourth-order valence-corrected chi connectivity index (χ4v) is 0.703. The molecule has 5 heteroatoms. The molecule has 0 aliphatic rings. The molecule has 0 atom stereocenters. The molecule has 0 saturated carbocycles. The largest absolute Gasteiger partial charge is 0.481 e. The van der Waals surface area contributed by atoms with Crippen LogP contribution in [0.1, 0.15) is 12.8 Å². The van der Waals surface area contributed by atoms with Crippen LogP contribution in [0.2, 0.25) is 0 Å². The third-order valence-corrected chi connectivity index (χ3v) is 1.30. The van der Waals surface area contributed by atoms with Gasteiger partial charge in [-0.2, -0.15) is 0 Å². The second-order valence-corrected chi connectivity index (χ2v) is 2.06. The van der Waals surface area contributed by atoms with E-state index < -0.39 is 11.9 Å². The van der Waals surface area contributed by atoms with Crippen molar-refractivity contribution < 1.29 is 20.1 Å². The van der Waals surface area contributed by atoms with Gasteiger partial charge in [0.2, 0.25) is 0 Å². The molecule has 0 aliphatic carbocycles. The van der Waals surface area contributed by atoms with E-state index in [1.54, 1.807) is 0 Å². The van der Waals surface area contributed by atoms with Gasteiger partial charge in [-0.1, -0.05) is 0 Å². The lowest BCUT2D eigenvalue weighted by atomic mass is 10.0. The van der Waals surface area contributed by atoms with Gasteiger partial charge in [0.1, 0.15) is 0 Å². The molecule has 0 aliphatic heterocycles. The zero-order chi connectivity index (χ0) is 7.98. The third-order valence-electron chi connectivity index (χ3n) is 1.30. The van der Waals surface area contributed by atoms with Crippen molar-refractivity contribution in [2.45, 2.75) is 12.8 Å². The highest BCUT2D eigenvalue weighted by molar-refractivity contribution is 5.69. The van der Waals surface area contributed by atoms with Gasteiger partial charge in [-0.15, -0.1) is 0 Å². The number of hydrogen-bond acceptors (Lipinski definition) is 4. The summed E-state index contributed by atoms with van der Waals surface area (Å²) in [6.45, 7) is -0.284. The van der Waals surface area contributed by atoms with Crippen molar-refractivity contribution in [3.8, 4) is 0 Å². The number of carboxylic acids is 1. The maximum absolute atomic E-state index is 10.3. The molecule has 0 spiro atoms. The normalized spacial score (nSPS) is 9.36. The van der Waals surface area contributed by atoms with Crippen LogP contribution in [0.4, 0.5) is 0 Å². The number of aliphatic hydroxyl groups is 2. The van der Waals surface area contributed by atoms with Crippen LogP contribution >= 0.6 is 0 Å². The van der Waals surface area contributed by atoms with Crippen LogP contribution in [-0.2, 0) is 4.79 Å². The second kappa shape index (κ2) is 7.46. The van der Waals surface area contributed by atoms with Crippen molar-refractivity contribution in [2.24, 2.45) is 5.92 Å². The molecule has 0 rings (SSSR count). The van der Waals surface area contributed by atoms with Crippen LogP contribution in [-0.4, -0.2) is 34.5 Å². The monoisotopic (exact) mass is 165 g/mol. The first-order valence-electron chi connectivity index (χ1n) is 3.17. The summed E-state index contributed by atoms with van der Waals surface area (Å²) >= 11 is 0. The predicted octanol–water partition coefficient (Wildman–Crippen LogP) is -0.386. The molecule has 0 fully saturated rings. The first-order chi connectivity index (χ1) is 4.72. The van der Waals surface area contributed by atoms with Crippen LogP contribution in [0.5, 0.6) is 0 Å². The van der Waals surface area contributed by atoms with E-state index in [1.807, 2.05) is 0 Å². The smallest absolute Gasteiger partial charge is 0.306 e. The average Bonchev–Trinajstić information content (AvgIpc) is 1.87. The molecule has 0 radical (unpaired) electrons. The molecule has 68 valence electrons. The lowest BCUT2D eigenvalue weighted by molar-refractivity contribution is -0.142. The maximum Gasteiger partial charge on any atom is 0.306 e. The topological polar surface area (TPSA) is 113 Å². The first kappa shape index (κ1) is 13.0. The van der Waals surface area contributed by atoms with Gasteiger partial charge in [0.15, 0.2) is 0 Å². The number of carboxylic acid groups (broad SMARTS) is 1. The van der Waals surface area contributed by atoms with E-state index in [0.717, 1.165) is 0 Å². The highest BCUT2D eigenvalue weighted by Crippen LogP contribution is 2.06. The van der Waals surface area contributed by atoms with E-state index in [-0.39, 0.29) is 32.2 Å². The summed E-state index contributed by atoms with van der Waals surface area (Å²) < 4.78 is 0. The maximum atomic E-state index is 10.3. The Morgan fingerprint density at radius 3 is 1.73 bits per heavy atom. The van der Waals surface area contributed by atoms with Crippen molar-refractivity contribution in [1.29, 1.82) is 0 Å². The Bertz CT molecular complexity index is 101. The van der Waals surface area contributed by atoms with Gasteiger partial charge in [-0.25, -0.2) is 0 Å². The summed E-state index contributed by atoms with van der Waals surface area (Å²) in [5.41, 5.74) is 0. The summed E-state index contributed by atoms with van der Waals surface area (Å²) in [6, 6.07) is 0. The molecular formula is C6H15NO4. The van der Waals surface area contributed by atoms with Gasteiger partial charge >= 0.3 is 5.97 Å². The van der Waals surface area contributed by atoms with Crippen molar-refractivity contribution in [3.05, 3.63) is 0 Å². The Balaban J connectivity index is 0. The number of hydrogen-bond donors (Lipinski definition) is 4. The van der Waals surface area contributed by atoms with E-state index in [9.17, 15) is 4.79 Å². The Kier molecular flexibility index (Phi) is 8.80. The minimum atomic E-state index is -0.955. The summed E-state index contributed by atoms with van der Waals surface area (Å²) in [5.74, 6) is -1.56. The standard InChI is InChI=1S/C6H12O4.H3N/c7-3-1-5(2-4-8)6(9)10;/h5,7-8H,1-4H2,(H,9,10);1H3. The van der Waals surface area contributed by atoms with Gasteiger partial charge in [0, 0.05) is 13.2 Å². The van der Waals surface area contributed by atoms with Crippen LogP contribution < -0.4 is 6.15 Å². The van der Waals surface area contributed by atoms with E-state index in [0.29, 0.717) is 0 Å². The highest BCUT2D eigenvalue weighted by Gasteiger charge is 2.14. The summed E-state index contributed by atoms with van der Waals surface area (Å²) in [4.78, 5) is 10.3. The van der Waals surface area contributed by atoms with Gasteiger partial charge in [-0.05, 0) is 12.8 Å². The minimum Gasteiger partial charge on any atom is -0.481 e. The van der Waals surface area contributed by atoms with Crippen molar-refractivity contribution >= 4 is 5.97 Å². The summed E-state index contributed by atoms with van der Waals surface area (Å²) in [7, 11) is 0. The molecule has 0 amide bonds.